The van der Waals surface area contributed by atoms with Crippen LogP contribution in [-0.2, 0) is 6.54 Å². The molecule has 0 atom stereocenters. The van der Waals surface area contributed by atoms with Gasteiger partial charge in [-0.25, -0.2) is 4.98 Å². The molecule has 6 nitrogen and oxygen atoms in total. The molecular formula is C21H21N5O. The lowest BCUT2D eigenvalue weighted by molar-refractivity contribution is 0.416. The summed E-state index contributed by atoms with van der Waals surface area (Å²) in [4.78, 5) is 8.92. The third kappa shape index (κ3) is 3.21. The third-order valence-electron chi connectivity index (χ3n) is 4.46. The van der Waals surface area contributed by atoms with Crippen LogP contribution in [-0.4, -0.2) is 26.7 Å². The standard InChI is InChI=1S/C21H21N5O/c1-14-11-19(23-13-16-7-6-10-22-12-16)26-21(24-14)20(15(2)25-26)17-8-4-5-9-18(17)27-3/h4-12,23H,13H2,1-3H3. The van der Waals surface area contributed by atoms with E-state index in [2.05, 4.69) is 10.3 Å². The zero-order valence-corrected chi connectivity index (χ0v) is 15.6. The Morgan fingerprint density at radius 2 is 1.96 bits per heavy atom. The molecule has 0 spiro atoms. The molecule has 0 saturated carbocycles. The van der Waals surface area contributed by atoms with Gasteiger partial charge >= 0.3 is 0 Å². The second-order valence-corrected chi connectivity index (χ2v) is 6.39. The molecule has 6 heteroatoms. The summed E-state index contributed by atoms with van der Waals surface area (Å²) in [7, 11) is 1.68. The number of anilines is 1. The Labute approximate surface area is 157 Å². The maximum atomic E-state index is 5.55. The highest BCUT2D eigenvalue weighted by Crippen LogP contribution is 2.35. The van der Waals surface area contributed by atoms with Crippen LogP contribution >= 0.6 is 0 Å². The molecule has 0 aliphatic heterocycles. The lowest BCUT2D eigenvalue weighted by Crippen LogP contribution is -2.07. The molecule has 3 heterocycles. The lowest BCUT2D eigenvalue weighted by atomic mass is 10.1. The number of ether oxygens (including phenoxy) is 1. The molecule has 1 N–H and O–H groups in total. The van der Waals surface area contributed by atoms with Gasteiger partial charge in [-0.05, 0) is 31.5 Å². The maximum Gasteiger partial charge on any atom is 0.165 e. The van der Waals surface area contributed by atoms with E-state index in [-0.39, 0.29) is 0 Å². The summed E-state index contributed by atoms with van der Waals surface area (Å²) >= 11 is 0. The fraction of sp³-hybridized carbons (Fsp3) is 0.190. The van der Waals surface area contributed by atoms with Gasteiger partial charge in [0.2, 0.25) is 0 Å². The number of methoxy groups -OCH3 is 1. The minimum absolute atomic E-state index is 0.662. The molecule has 0 amide bonds. The van der Waals surface area contributed by atoms with Crippen LogP contribution in [0, 0.1) is 13.8 Å². The van der Waals surface area contributed by atoms with Crippen molar-refractivity contribution >= 4 is 11.5 Å². The quantitative estimate of drug-likeness (QED) is 0.583. The average Bonchev–Trinajstić information content (AvgIpc) is 3.02. The molecule has 0 radical (unpaired) electrons. The van der Waals surface area contributed by atoms with Crippen LogP contribution in [0.3, 0.4) is 0 Å². The smallest absolute Gasteiger partial charge is 0.165 e. The van der Waals surface area contributed by atoms with Crippen molar-refractivity contribution in [2.75, 3.05) is 12.4 Å². The highest BCUT2D eigenvalue weighted by Gasteiger charge is 2.18. The van der Waals surface area contributed by atoms with E-state index in [1.807, 2.05) is 67.0 Å². The van der Waals surface area contributed by atoms with Gasteiger partial charge in [0, 0.05) is 36.3 Å². The highest BCUT2D eigenvalue weighted by molar-refractivity contribution is 5.84. The van der Waals surface area contributed by atoms with Gasteiger partial charge in [0.05, 0.1) is 18.4 Å². The first kappa shape index (κ1) is 17.0. The van der Waals surface area contributed by atoms with Gasteiger partial charge in [0.25, 0.3) is 0 Å². The second-order valence-electron chi connectivity index (χ2n) is 6.39. The fourth-order valence-electron chi connectivity index (χ4n) is 3.23. The van der Waals surface area contributed by atoms with E-state index in [0.29, 0.717) is 6.54 Å². The highest BCUT2D eigenvalue weighted by atomic mass is 16.5. The van der Waals surface area contributed by atoms with Crippen LogP contribution in [0.2, 0.25) is 0 Å². The molecule has 0 saturated heterocycles. The van der Waals surface area contributed by atoms with Gasteiger partial charge in [0.15, 0.2) is 5.65 Å². The van der Waals surface area contributed by atoms with Crippen molar-refractivity contribution < 1.29 is 4.74 Å². The Kier molecular flexibility index (Phi) is 4.46. The Morgan fingerprint density at radius 3 is 2.74 bits per heavy atom. The number of rotatable bonds is 5. The lowest BCUT2D eigenvalue weighted by Gasteiger charge is -2.10. The molecule has 0 fully saturated rings. The SMILES string of the molecule is COc1ccccc1-c1c(C)nn2c(NCc3cccnc3)cc(C)nc12. The zero-order chi connectivity index (χ0) is 18.8. The van der Waals surface area contributed by atoms with Crippen molar-refractivity contribution in [3.8, 4) is 16.9 Å². The summed E-state index contributed by atoms with van der Waals surface area (Å²) in [6, 6.07) is 13.9. The molecule has 27 heavy (non-hydrogen) atoms. The predicted molar refractivity (Wildman–Crippen MR) is 106 cm³/mol. The van der Waals surface area contributed by atoms with Crippen molar-refractivity contribution in [1.82, 2.24) is 19.6 Å². The number of nitrogens with zero attached hydrogens (tertiary/aromatic N) is 4. The molecule has 0 aliphatic rings. The molecule has 1 aromatic carbocycles. The Morgan fingerprint density at radius 1 is 1.11 bits per heavy atom. The molecule has 4 rings (SSSR count). The van der Waals surface area contributed by atoms with Crippen LogP contribution in [0.1, 0.15) is 17.0 Å². The van der Waals surface area contributed by atoms with Crippen molar-refractivity contribution in [2.24, 2.45) is 0 Å². The predicted octanol–water partition coefficient (Wildman–Crippen LogP) is 4.03. The van der Waals surface area contributed by atoms with Crippen molar-refractivity contribution in [3.63, 3.8) is 0 Å². The van der Waals surface area contributed by atoms with Gasteiger partial charge in [-0.2, -0.15) is 9.61 Å². The molecular weight excluding hydrogens is 338 g/mol. The van der Waals surface area contributed by atoms with Crippen LogP contribution in [0.4, 0.5) is 5.82 Å². The summed E-state index contributed by atoms with van der Waals surface area (Å²) in [6.45, 7) is 4.65. The minimum atomic E-state index is 0.662. The molecule has 4 aromatic rings. The summed E-state index contributed by atoms with van der Waals surface area (Å²) in [5, 5.41) is 8.19. The van der Waals surface area contributed by atoms with Gasteiger partial charge in [0.1, 0.15) is 11.6 Å². The van der Waals surface area contributed by atoms with E-state index in [1.54, 1.807) is 13.3 Å². The molecule has 0 aliphatic carbocycles. The number of hydrogen-bond acceptors (Lipinski definition) is 5. The van der Waals surface area contributed by atoms with Crippen molar-refractivity contribution in [1.29, 1.82) is 0 Å². The van der Waals surface area contributed by atoms with E-state index >= 15 is 0 Å². The van der Waals surface area contributed by atoms with E-state index < -0.39 is 0 Å². The Bertz CT molecular complexity index is 1090. The van der Waals surface area contributed by atoms with E-state index in [4.69, 9.17) is 14.8 Å². The fourth-order valence-corrected chi connectivity index (χ4v) is 3.23. The van der Waals surface area contributed by atoms with Crippen molar-refractivity contribution in [2.45, 2.75) is 20.4 Å². The molecule has 3 aromatic heterocycles. The van der Waals surface area contributed by atoms with Crippen LogP contribution < -0.4 is 10.1 Å². The molecule has 136 valence electrons. The number of nitrogens with one attached hydrogen (secondary N) is 1. The minimum Gasteiger partial charge on any atom is -0.496 e. The number of pyridine rings is 1. The van der Waals surface area contributed by atoms with E-state index in [0.717, 1.165) is 45.3 Å². The summed E-state index contributed by atoms with van der Waals surface area (Å²) < 4.78 is 7.41. The zero-order valence-electron chi connectivity index (χ0n) is 15.6. The number of fused-ring (bicyclic) bond motifs is 1. The first-order valence-electron chi connectivity index (χ1n) is 8.80. The van der Waals surface area contributed by atoms with Crippen molar-refractivity contribution in [3.05, 3.63) is 71.8 Å². The van der Waals surface area contributed by atoms with E-state index in [9.17, 15) is 0 Å². The topological polar surface area (TPSA) is 64.3 Å². The molecule has 0 bridgehead atoms. The van der Waals surface area contributed by atoms with Crippen LogP contribution in [0.5, 0.6) is 5.75 Å². The first-order chi connectivity index (χ1) is 13.2. The van der Waals surface area contributed by atoms with Crippen LogP contribution in [0.15, 0.2) is 54.9 Å². The largest absolute Gasteiger partial charge is 0.496 e. The Hall–Kier alpha value is -3.41. The third-order valence-corrected chi connectivity index (χ3v) is 4.46. The number of hydrogen-bond donors (Lipinski definition) is 1. The normalized spacial score (nSPS) is 10.9. The first-order valence-corrected chi connectivity index (χ1v) is 8.80. The maximum absolute atomic E-state index is 5.55. The Balaban J connectivity index is 1.81. The second kappa shape index (κ2) is 7.07. The average molecular weight is 359 g/mol. The molecule has 0 unspecified atom stereocenters. The van der Waals surface area contributed by atoms with Crippen LogP contribution in [0.25, 0.3) is 16.8 Å². The number of benzene rings is 1. The van der Waals surface area contributed by atoms with Gasteiger partial charge < -0.3 is 10.1 Å². The summed E-state index contributed by atoms with van der Waals surface area (Å²) in [6.07, 6.45) is 3.63. The van der Waals surface area contributed by atoms with Gasteiger partial charge in [-0.3, -0.25) is 4.98 Å². The van der Waals surface area contributed by atoms with E-state index in [1.165, 1.54) is 0 Å². The summed E-state index contributed by atoms with van der Waals surface area (Å²) in [5.41, 5.74) is 5.72. The van der Waals surface area contributed by atoms with Gasteiger partial charge in [-0.15, -0.1) is 0 Å². The van der Waals surface area contributed by atoms with Gasteiger partial charge in [-0.1, -0.05) is 24.3 Å². The number of aryl methyl sites for hydroxylation is 2. The number of aromatic nitrogens is 4. The monoisotopic (exact) mass is 359 g/mol. The number of para-hydroxylation sites is 1. The summed E-state index contributed by atoms with van der Waals surface area (Å²) in [5.74, 6) is 1.70.